The molecule has 4 heteroatoms. The van der Waals surface area contributed by atoms with Crippen LogP contribution in [0.2, 0.25) is 0 Å². The third-order valence-electron chi connectivity index (χ3n) is 3.48. The number of phenols is 1. The van der Waals surface area contributed by atoms with Crippen LogP contribution in [0.5, 0.6) is 5.75 Å². The first-order valence-corrected chi connectivity index (χ1v) is 7.80. The molecule has 0 saturated heterocycles. The Morgan fingerprint density at radius 2 is 1.86 bits per heavy atom. The van der Waals surface area contributed by atoms with Gasteiger partial charge < -0.3 is 15.5 Å². The summed E-state index contributed by atoms with van der Waals surface area (Å²) in [7, 11) is 0. The van der Waals surface area contributed by atoms with Crippen molar-refractivity contribution < 1.29 is 10.2 Å². The lowest BCUT2D eigenvalue weighted by molar-refractivity contribution is 0.136. The van der Waals surface area contributed by atoms with E-state index in [-0.39, 0.29) is 11.8 Å². The van der Waals surface area contributed by atoms with Gasteiger partial charge in [0.05, 0.1) is 6.10 Å². The van der Waals surface area contributed by atoms with E-state index in [0.29, 0.717) is 0 Å². The number of aromatic hydroxyl groups is 1. The van der Waals surface area contributed by atoms with Gasteiger partial charge in [-0.2, -0.15) is 0 Å². The van der Waals surface area contributed by atoms with Crippen LogP contribution in [0.1, 0.15) is 24.2 Å². The smallest absolute Gasteiger partial charge is 0.115 e. The number of halogens is 1. The molecule has 0 aliphatic heterocycles. The van der Waals surface area contributed by atoms with E-state index in [1.165, 1.54) is 5.56 Å². The van der Waals surface area contributed by atoms with E-state index in [1.54, 1.807) is 24.3 Å². The Morgan fingerprint density at radius 3 is 2.52 bits per heavy atom. The van der Waals surface area contributed by atoms with Gasteiger partial charge in [-0.25, -0.2) is 0 Å². The molecule has 0 bridgehead atoms. The maximum atomic E-state index is 10.3. The summed E-state index contributed by atoms with van der Waals surface area (Å²) >= 11 is 3.46. The van der Waals surface area contributed by atoms with Crippen molar-refractivity contribution in [1.29, 1.82) is 0 Å². The highest BCUT2D eigenvalue weighted by molar-refractivity contribution is 9.10. The van der Waals surface area contributed by atoms with E-state index >= 15 is 0 Å². The molecule has 21 heavy (non-hydrogen) atoms. The van der Waals surface area contributed by atoms with E-state index < -0.39 is 6.10 Å². The second-order valence-electron chi connectivity index (χ2n) is 5.16. The summed E-state index contributed by atoms with van der Waals surface area (Å²) in [6.07, 6.45) is 0.319. The monoisotopic (exact) mass is 349 g/mol. The minimum absolute atomic E-state index is 0.0540. The molecule has 0 unspecified atom stereocenters. The zero-order valence-electron chi connectivity index (χ0n) is 12.0. The minimum atomic E-state index is -0.590. The molecule has 2 atom stereocenters. The predicted octanol–water partition coefficient (Wildman–Crippen LogP) is 3.41. The molecule has 3 nitrogen and oxygen atoms in total. The normalized spacial score (nSPS) is 13.9. The number of benzene rings is 2. The van der Waals surface area contributed by atoms with Crippen LogP contribution in [0.25, 0.3) is 0 Å². The fourth-order valence-electron chi connectivity index (χ4n) is 2.21. The van der Waals surface area contributed by atoms with E-state index in [2.05, 4.69) is 33.4 Å². The van der Waals surface area contributed by atoms with Crippen molar-refractivity contribution >= 4 is 15.9 Å². The van der Waals surface area contributed by atoms with Gasteiger partial charge in [0.2, 0.25) is 0 Å². The van der Waals surface area contributed by atoms with Gasteiger partial charge in [0.1, 0.15) is 5.75 Å². The fraction of sp³-hybridized carbons (Fsp3) is 0.294. The van der Waals surface area contributed by atoms with Crippen LogP contribution in [0.3, 0.4) is 0 Å². The lowest BCUT2D eigenvalue weighted by Gasteiger charge is -2.20. The zero-order valence-corrected chi connectivity index (χ0v) is 13.5. The zero-order chi connectivity index (χ0) is 15.2. The van der Waals surface area contributed by atoms with Crippen LogP contribution in [0, 0.1) is 0 Å². The lowest BCUT2D eigenvalue weighted by atomic mass is 10.0. The summed E-state index contributed by atoms with van der Waals surface area (Å²) < 4.78 is 1.08. The number of nitrogens with one attached hydrogen (secondary N) is 1. The SMILES string of the molecule is C[C@H](NCCc1cccc(Br)c1)[C@H](O)c1ccc(O)cc1. The second-order valence-corrected chi connectivity index (χ2v) is 6.07. The van der Waals surface area contributed by atoms with Crippen molar-refractivity contribution in [2.75, 3.05) is 6.54 Å². The Kier molecular flexibility index (Phi) is 5.79. The number of aliphatic hydroxyl groups excluding tert-OH is 1. The maximum absolute atomic E-state index is 10.3. The molecule has 0 aromatic heterocycles. The van der Waals surface area contributed by atoms with Gasteiger partial charge in [0, 0.05) is 10.5 Å². The standard InChI is InChI=1S/C17H20BrNO2/c1-12(17(21)14-5-7-16(20)8-6-14)19-10-9-13-3-2-4-15(18)11-13/h2-8,11-12,17,19-21H,9-10H2,1H3/t12-,17-/m0/s1. The van der Waals surface area contributed by atoms with Gasteiger partial charge in [-0.05, 0) is 55.3 Å². The largest absolute Gasteiger partial charge is 0.508 e. The van der Waals surface area contributed by atoms with E-state index in [4.69, 9.17) is 0 Å². The summed E-state index contributed by atoms with van der Waals surface area (Å²) in [6.45, 7) is 2.76. The van der Waals surface area contributed by atoms with Crippen LogP contribution < -0.4 is 5.32 Å². The first-order chi connectivity index (χ1) is 10.1. The molecule has 2 aromatic carbocycles. The average Bonchev–Trinajstić information content (AvgIpc) is 2.47. The average molecular weight is 350 g/mol. The Morgan fingerprint density at radius 1 is 1.14 bits per heavy atom. The number of aliphatic hydroxyl groups is 1. The van der Waals surface area contributed by atoms with Crippen molar-refractivity contribution in [2.24, 2.45) is 0 Å². The molecular formula is C17H20BrNO2. The molecule has 0 amide bonds. The summed E-state index contributed by atoms with van der Waals surface area (Å²) in [4.78, 5) is 0. The molecule has 0 saturated carbocycles. The second kappa shape index (κ2) is 7.59. The summed E-state index contributed by atoms with van der Waals surface area (Å²) in [6, 6.07) is 14.8. The Balaban J connectivity index is 1.83. The molecule has 0 radical (unpaired) electrons. The van der Waals surface area contributed by atoms with Crippen molar-refractivity contribution in [3.8, 4) is 5.75 Å². The molecule has 0 spiro atoms. The minimum Gasteiger partial charge on any atom is -0.508 e. The number of rotatable bonds is 6. The topological polar surface area (TPSA) is 52.5 Å². The summed E-state index contributed by atoms with van der Waals surface area (Å²) in [5, 5.41) is 22.9. The van der Waals surface area contributed by atoms with Gasteiger partial charge >= 0.3 is 0 Å². The van der Waals surface area contributed by atoms with Crippen LogP contribution in [-0.2, 0) is 6.42 Å². The Bertz CT molecular complexity index is 571. The highest BCUT2D eigenvalue weighted by Gasteiger charge is 2.15. The maximum Gasteiger partial charge on any atom is 0.115 e. The quantitative estimate of drug-likeness (QED) is 0.748. The van der Waals surface area contributed by atoms with E-state index in [0.717, 1.165) is 23.0 Å². The summed E-state index contributed by atoms with van der Waals surface area (Å²) in [5.74, 6) is 0.209. The van der Waals surface area contributed by atoms with E-state index in [9.17, 15) is 10.2 Å². The lowest BCUT2D eigenvalue weighted by Crippen LogP contribution is -2.33. The molecule has 0 aliphatic rings. The van der Waals surface area contributed by atoms with Gasteiger partial charge in [-0.15, -0.1) is 0 Å². The third kappa shape index (κ3) is 4.84. The molecule has 2 aromatic rings. The molecular weight excluding hydrogens is 330 g/mol. The predicted molar refractivity (Wildman–Crippen MR) is 88.4 cm³/mol. The highest BCUT2D eigenvalue weighted by atomic mass is 79.9. The van der Waals surface area contributed by atoms with Gasteiger partial charge in [0.25, 0.3) is 0 Å². The van der Waals surface area contributed by atoms with Crippen LogP contribution in [0.15, 0.2) is 53.0 Å². The number of phenolic OH excluding ortho intramolecular Hbond substituents is 1. The Hall–Kier alpha value is -1.36. The fourth-order valence-corrected chi connectivity index (χ4v) is 2.66. The number of hydrogen-bond acceptors (Lipinski definition) is 3. The van der Waals surface area contributed by atoms with Gasteiger partial charge in [0.15, 0.2) is 0 Å². The highest BCUT2D eigenvalue weighted by Crippen LogP contribution is 2.19. The third-order valence-corrected chi connectivity index (χ3v) is 3.97. The molecule has 2 rings (SSSR count). The molecule has 0 heterocycles. The van der Waals surface area contributed by atoms with E-state index in [1.807, 2.05) is 19.1 Å². The van der Waals surface area contributed by atoms with Gasteiger partial charge in [-0.1, -0.05) is 40.2 Å². The van der Waals surface area contributed by atoms with Gasteiger partial charge in [-0.3, -0.25) is 0 Å². The van der Waals surface area contributed by atoms with Crippen molar-refractivity contribution in [1.82, 2.24) is 5.32 Å². The van der Waals surface area contributed by atoms with Crippen molar-refractivity contribution in [3.05, 3.63) is 64.1 Å². The number of hydrogen-bond donors (Lipinski definition) is 3. The van der Waals surface area contributed by atoms with Crippen LogP contribution in [-0.4, -0.2) is 22.8 Å². The Labute approximate surface area is 133 Å². The molecule has 3 N–H and O–H groups in total. The molecule has 112 valence electrons. The first kappa shape index (κ1) is 16.0. The molecule has 0 fully saturated rings. The first-order valence-electron chi connectivity index (χ1n) is 7.01. The summed E-state index contributed by atoms with van der Waals surface area (Å²) in [5.41, 5.74) is 2.05. The van der Waals surface area contributed by atoms with Crippen LogP contribution in [0.4, 0.5) is 0 Å². The van der Waals surface area contributed by atoms with Crippen LogP contribution >= 0.6 is 15.9 Å². The molecule has 0 aliphatic carbocycles. The van der Waals surface area contributed by atoms with Crippen molar-refractivity contribution in [3.63, 3.8) is 0 Å². The van der Waals surface area contributed by atoms with Crippen molar-refractivity contribution in [2.45, 2.75) is 25.5 Å².